The van der Waals surface area contributed by atoms with Gasteiger partial charge < -0.3 is 10.2 Å². The van der Waals surface area contributed by atoms with E-state index < -0.39 is 0 Å². The van der Waals surface area contributed by atoms with E-state index in [-0.39, 0.29) is 0 Å². The Morgan fingerprint density at radius 2 is 1.91 bits per heavy atom. The molecule has 22 heavy (non-hydrogen) atoms. The average Bonchev–Trinajstić information content (AvgIpc) is 2.54. The maximum absolute atomic E-state index is 4.55. The zero-order valence-electron chi connectivity index (χ0n) is 12.8. The fourth-order valence-electron chi connectivity index (χ4n) is 2.26. The van der Waals surface area contributed by atoms with Crippen molar-refractivity contribution in [1.29, 1.82) is 0 Å². The normalized spacial score (nSPS) is 10.7. The van der Waals surface area contributed by atoms with Crippen LogP contribution in [0.4, 0.5) is 11.8 Å². The zero-order valence-corrected chi connectivity index (χ0v) is 12.8. The van der Waals surface area contributed by atoms with Crippen LogP contribution < -0.4 is 10.2 Å². The standard InChI is InChI=1S/C15H17N7/c1-10-20-13-12(5-4-6-17-13)14(21-10)22(3)9-11-7-18-15(16-2)19-8-11/h4-8H,9H2,1-3H3,(H,16,18,19). The summed E-state index contributed by atoms with van der Waals surface area (Å²) in [5, 5.41) is 3.84. The van der Waals surface area contributed by atoms with Crippen LogP contribution in [0.25, 0.3) is 11.0 Å². The van der Waals surface area contributed by atoms with Crippen LogP contribution in [0.3, 0.4) is 0 Å². The highest BCUT2D eigenvalue weighted by Crippen LogP contribution is 2.22. The molecule has 0 aliphatic rings. The SMILES string of the molecule is CNc1ncc(CN(C)c2nc(C)nc3ncccc23)cn1. The van der Waals surface area contributed by atoms with Crippen LogP contribution in [-0.2, 0) is 6.54 Å². The Hall–Kier alpha value is -2.83. The molecule has 0 aromatic carbocycles. The van der Waals surface area contributed by atoms with Gasteiger partial charge in [0.05, 0.1) is 5.39 Å². The number of hydrogen-bond donors (Lipinski definition) is 1. The van der Waals surface area contributed by atoms with Gasteiger partial charge in [0.1, 0.15) is 11.6 Å². The number of fused-ring (bicyclic) bond motifs is 1. The van der Waals surface area contributed by atoms with E-state index in [0.717, 1.165) is 16.8 Å². The minimum absolute atomic E-state index is 0.610. The molecule has 112 valence electrons. The number of aromatic nitrogens is 5. The van der Waals surface area contributed by atoms with Gasteiger partial charge in [-0.2, -0.15) is 0 Å². The molecule has 0 atom stereocenters. The number of hydrogen-bond acceptors (Lipinski definition) is 7. The number of nitrogens with zero attached hydrogens (tertiary/aromatic N) is 6. The second-order valence-corrected chi connectivity index (χ2v) is 4.99. The first kappa shape index (κ1) is 14.1. The summed E-state index contributed by atoms with van der Waals surface area (Å²) in [4.78, 5) is 23.7. The van der Waals surface area contributed by atoms with E-state index in [0.29, 0.717) is 24.0 Å². The van der Waals surface area contributed by atoms with Crippen LogP contribution in [0, 0.1) is 6.92 Å². The number of rotatable bonds is 4. The summed E-state index contributed by atoms with van der Waals surface area (Å²) in [6.07, 6.45) is 5.36. The Labute approximate surface area is 128 Å². The molecule has 7 heteroatoms. The van der Waals surface area contributed by atoms with Gasteiger partial charge in [-0.15, -0.1) is 0 Å². The number of anilines is 2. The monoisotopic (exact) mass is 295 g/mol. The van der Waals surface area contributed by atoms with Crippen LogP contribution in [0.2, 0.25) is 0 Å². The van der Waals surface area contributed by atoms with Crippen molar-refractivity contribution >= 4 is 22.8 Å². The predicted molar refractivity (Wildman–Crippen MR) is 85.8 cm³/mol. The van der Waals surface area contributed by atoms with Crippen molar-refractivity contribution < 1.29 is 0 Å². The Kier molecular flexibility index (Phi) is 3.78. The quantitative estimate of drug-likeness (QED) is 0.786. The molecule has 3 aromatic rings. The topological polar surface area (TPSA) is 79.7 Å². The first-order valence-corrected chi connectivity index (χ1v) is 6.96. The summed E-state index contributed by atoms with van der Waals surface area (Å²) in [6.45, 7) is 2.53. The first-order chi connectivity index (χ1) is 10.7. The summed E-state index contributed by atoms with van der Waals surface area (Å²) in [5.74, 6) is 2.17. The molecule has 0 spiro atoms. The maximum atomic E-state index is 4.55. The minimum Gasteiger partial charge on any atom is -0.357 e. The van der Waals surface area contributed by atoms with Crippen LogP contribution in [0.5, 0.6) is 0 Å². The van der Waals surface area contributed by atoms with E-state index in [2.05, 4.69) is 35.1 Å². The Balaban J connectivity index is 1.92. The van der Waals surface area contributed by atoms with Crippen LogP contribution in [-0.4, -0.2) is 39.0 Å². The second kappa shape index (κ2) is 5.88. The van der Waals surface area contributed by atoms with E-state index in [1.165, 1.54) is 0 Å². The lowest BCUT2D eigenvalue weighted by molar-refractivity contribution is 0.875. The summed E-state index contributed by atoms with van der Waals surface area (Å²) >= 11 is 0. The third-order valence-electron chi connectivity index (χ3n) is 3.27. The molecule has 3 aromatic heterocycles. The maximum Gasteiger partial charge on any atom is 0.222 e. The summed E-state index contributed by atoms with van der Waals surface area (Å²) < 4.78 is 0. The fourth-order valence-corrected chi connectivity index (χ4v) is 2.26. The lowest BCUT2D eigenvalue weighted by atomic mass is 10.2. The van der Waals surface area contributed by atoms with Crippen LogP contribution in [0.1, 0.15) is 11.4 Å². The summed E-state index contributed by atoms with van der Waals surface area (Å²) in [5.41, 5.74) is 1.72. The van der Waals surface area contributed by atoms with E-state index in [1.807, 2.05) is 38.5 Å². The third-order valence-corrected chi connectivity index (χ3v) is 3.27. The van der Waals surface area contributed by atoms with Crippen molar-refractivity contribution in [3.8, 4) is 0 Å². The molecule has 0 saturated heterocycles. The van der Waals surface area contributed by atoms with Gasteiger partial charge in [-0.25, -0.2) is 24.9 Å². The highest BCUT2D eigenvalue weighted by molar-refractivity contribution is 5.86. The van der Waals surface area contributed by atoms with Crippen LogP contribution >= 0.6 is 0 Å². The van der Waals surface area contributed by atoms with Gasteiger partial charge in [-0.1, -0.05) is 0 Å². The molecule has 0 aliphatic heterocycles. The molecule has 0 bridgehead atoms. The van der Waals surface area contributed by atoms with E-state index in [1.54, 1.807) is 13.2 Å². The van der Waals surface area contributed by atoms with Gasteiger partial charge in [-0.3, -0.25) is 0 Å². The summed E-state index contributed by atoms with van der Waals surface area (Å²) in [7, 11) is 3.78. The molecule has 0 aliphatic carbocycles. The summed E-state index contributed by atoms with van der Waals surface area (Å²) in [6, 6.07) is 3.87. The van der Waals surface area contributed by atoms with Gasteiger partial charge >= 0.3 is 0 Å². The molecule has 3 heterocycles. The highest BCUT2D eigenvalue weighted by Gasteiger charge is 2.11. The molecular weight excluding hydrogens is 278 g/mol. The lowest BCUT2D eigenvalue weighted by Gasteiger charge is -2.19. The molecule has 3 rings (SSSR count). The van der Waals surface area contributed by atoms with Gasteiger partial charge in [0.25, 0.3) is 0 Å². The largest absolute Gasteiger partial charge is 0.357 e. The molecular formula is C15H17N7. The van der Waals surface area contributed by atoms with Crippen molar-refractivity contribution in [3.05, 3.63) is 42.1 Å². The van der Waals surface area contributed by atoms with E-state index in [4.69, 9.17) is 0 Å². The number of nitrogens with one attached hydrogen (secondary N) is 1. The van der Waals surface area contributed by atoms with Gasteiger partial charge in [0.2, 0.25) is 5.95 Å². The number of pyridine rings is 1. The minimum atomic E-state index is 0.610. The molecule has 0 radical (unpaired) electrons. The Morgan fingerprint density at radius 1 is 1.14 bits per heavy atom. The zero-order chi connectivity index (χ0) is 15.5. The van der Waals surface area contributed by atoms with Crippen molar-refractivity contribution in [2.75, 3.05) is 24.3 Å². The third kappa shape index (κ3) is 2.78. The van der Waals surface area contributed by atoms with Crippen molar-refractivity contribution in [3.63, 3.8) is 0 Å². The molecule has 0 amide bonds. The molecule has 0 fully saturated rings. The Morgan fingerprint density at radius 3 is 2.64 bits per heavy atom. The molecule has 7 nitrogen and oxygen atoms in total. The molecule has 0 saturated carbocycles. The van der Waals surface area contributed by atoms with Crippen molar-refractivity contribution in [2.45, 2.75) is 13.5 Å². The van der Waals surface area contributed by atoms with E-state index >= 15 is 0 Å². The van der Waals surface area contributed by atoms with Gasteiger partial charge in [-0.05, 0) is 19.1 Å². The first-order valence-electron chi connectivity index (χ1n) is 6.96. The fraction of sp³-hybridized carbons (Fsp3) is 0.267. The van der Waals surface area contributed by atoms with Gasteiger partial charge in [0, 0.05) is 44.8 Å². The number of aryl methyl sites for hydroxylation is 1. The predicted octanol–water partition coefficient (Wildman–Crippen LogP) is 1.80. The van der Waals surface area contributed by atoms with Gasteiger partial charge in [0.15, 0.2) is 5.65 Å². The lowest BCUT2D eigenvalue weighted by Crippen LogP contribution is -2.19. The van der Waals surface area contributed by atoms with E-state index in [9.17, 15) is 0 Å². The highest BCUT2D eigenvalue weighted by atomic mass is 15.2. The molecule has 1 N–H and O–H groups in total. The van der Waals surface area contributed by atoms with Crippen LogP contribution in [0.15, 0.2) is 30.7 Å². The molecule has 0 unspecified atom stereocenters. The average molecular weight is 295 g/mol. The smallest absolute Gasteiger partial charge is 0.222 e. The van der Waals surface area contributed by atoms with Crippen molar-refractivity contribution in [2.24, 2.45) is 0 Å². The second-order valence-electron chi connectivity index (χ2n) is 4.99. The van der Waals surface area contributed by atoms with Crippen molar-refractivity contribution in [1.82, 2.24) is 24.9 Å². The Bertz CT molecular complexity index is 786.